The summed E-state index contributed by atoms with van der Waals surface area (Å²) in [4.78, 5) is 26.9. The van der Waals surface area contributed by atoms with E-state index in [1.165, 1.54) is 17.0 Å². The summed E-state index contributed by atoms with van der Waals surface area (Å²) in [5, 5.41) is -0.00501. The van der Waals surface area contributed by atoms with Gasteiger partial charge in [-0.15, -0.1) is 0 Å². The number of aryl methyl sites for hydroxylation is 1. The fourth-order valence-electron chi connectivity index (χ4n) is 3.27. The average molecular weight is 468 g/mol. The van der Waals surface area contributed by atoms with Crippen molar-refractivity contribution in [3.8, 4) is 5.75 Å². The summed E-state index contributed by atoms with van der Waals surface area (Å²) < 4.78 is 19.6. The Morgan fingerprint density at radius 2 is 1.84 bits per heavy atom. The molecule has 1 saturated heterocycles. The highest BCUT2D eigenvalue weighted by Gasteiger charge is 2.35. The van der Waals surface area contributed by atoms with Gasteiger partial charge in [0.05, 0.1) is 16.5 Å². The Bertz CT molecular complexity index is 1210. The third kappa shape index (κ3) is 4.87. The molecule has 3 aromatic carbocycles. The van der Waals surface area contributed by atoms with E-state index < -0.39 is 5.82 Å². The van der Waals surface area contributed by atoms with Crippen molar-refractivity contribution in [2.45, 2.75) is 20.1 Å². The molecule has 3 aromatic rings. The minimum atomic E-state index is -0.434. The number of halogens is 2. The Balaban J connectivity index is 1.49. The topological polar surface area (TPSA) is 46.6 Å². The van der Waals surface area contributed by atoms with E-state index in [9.17, 15) is 14.0 Å². The number of hydrogen-bond donors (Lipinski definition) is 0. The standard InChI is InChI=1S/C25H19ClFNO3S/c1-16-6-2-3-8-18(16)14-28-24(29)23(32-25(28)30)13-17-7-4-9-19(12-17)31-15-20-21(26)10-5-11-22(20)27/h2-13H,14-15H2,1H3/b23-13-. The molecule has 0 atom stereocenters. The van der Waals surface area contributed by atoms with E-state index >= 15 is 0 Å². The van der Waals surface area contributed by atoms with E-state index in [1.807, 2.05) is 31.2 Å². The molecule has 4 nitrogen and oxygen atoms in total. The number of hydrogen-bond acceptors (Lipinski definition) is 4. The van der Waals surface area contributed by atoms with Crippen LogP contribution in [0.3, 0.4) is 0 Å². The molecule has 0 radical (unpaired) electrons. The summed E-state index contributed by atoms with van der Waals surface area (Å²) in [6.07, 6.45) is 1.66. The van der Waals surface area contributed by atoms with Gasteiger partial charge in [-0.25, -0.2) is 4.39 Å². The summed E-state index contributed by atoms with van der Waals surface area (Å²) in [5.74, 6) is -0.263. The fourth-order valence-corrected chi connectivity index (χ4v) is 4.32. The van der Waals surface area contributed by atoms with Crippen LogP contribution in [0.2, 0.25) is 5.02 Å². The predicted octanol–water partition coefficient (Wildman–Crippen LogP) is 6.60. The molecule has 0 aliphatic carbocycles. The first-order chi connectivity index (χ1) is 15.4. The molecule has 0 N–H and O–H groups in total. The zero-order valence-corrected chi connectivity index (χ0v) is 18.8. The van der Waals surface area contributed by atoms with E-state index in [2.05, 4.69) is 0 Å². The Hall–Kier alpha value is -3.09. The van der Waals surface area contributed by atoms with Gasteiger partial charge in [-0.3, -0.25) is 14.5 Å². The number of imide groups is 1. The van der Waals surface area contributed by atoms with Crippen molar-refractivity contribution >= 4 is 40.6 Å². The van der Waals surface area contributed by atoms with Gasteiger partial charge in [-0.1, -0.05) is 54.1 Å². The van der Waals surface area contributed by atoms with Crippen molar-refractivity contribution in [1.29, 1.82) is 0 Å². The maximum atomic E-state index is 13.9. The minimum Gasteiger partial charge on any atom is -0.489 e. The molecule has 1 heterocycles. The van der Waals surface area contributed by atoms with Crippen LogP contribution >= 0.6 is 23.4 Å². The van der Waals surface area contributed by atoms with Gasteiger partial charge >= 0.3 is 0 Å². The number of benzene rings is 3. The lowest BCUT2D eigenvalue weighted by atomic mass is 10.1. The number of amides is 2. The molecule has 162 valence electrons. The fraction of sp³-hybridized carbons (Fsp3) is 0.120. The molecule has 1 aliphatic heterocycles. The summed E-state index contributed by atoms with van der Waals surface area (Å²) in [6.45, 7) is 2.16. The van der Waals surface area contributed by atoms with Crippen LogP contribution in [0.15, 0.2) is 71.6 Å². The van der Waals surface area contributed by atoms with Crippen LogP contribution in [0.1, 0.15) is 22.3 Å². The number of nitrogens with zero attached hydrogens (tertiary/aromatic N) is 1. The van der Waals surface area contributed by atoms with Crippen LogP contribution < -0.4 is 4.74 Å². The third-order valence-corrected chi connectivity index (χ3v) is 6.33. The zero-order chi connectivity index (χ0) is 22.7. The Morgan fingerprint density at radius 1 is 1.06 bits per heavy atom. The van der Waals surface area contributed by atoms with E-state index in [1.54, 1.807) is 36.4 Å². The molecular formula is C25H19ClFNO3S. The first kappa shape index (κ1) is 22.1. The van der Waals surface area contributed by atoms with Gasteiger partial charge in [0.15, 0.2) is 0 Å². The van der Waals surface area contributed by atoms with Gasteiger partial charge < -0.3 is 4.74 Å². The quantitative estimate of drug-likeness (QED) is 0.383. The maximum absolute atomic E-state index is 13.9. The molecule has 0 unspecified atom stereocenters. The highest BCUT2D eigenvalue weighted by atomic mass is 35.5. The van der Waals surface area contributed by atoms with Crippen molar-refractivity contribution in [2.75, 3.05) is 0 Å². The molecule has 4 rings (SSSR count). The van der Waals surface area contributed by atoms with Crippen LogP contribution in [-0.4, -0.2) is 16.0 Å². The summed E-state index contributed by atoms with van der Waals surface area (Å²) in [5.41, 5.74) is 2.93. The third-order valence-electron chi connectivity index (χ3n) is 5.06. The van der Waals surface area contributed by atoms with Crippen LogP contribution in [0.4, 0.5) is 9.18 Å². The first-order valence-corrected chi connectivity index (χ1v) is 11.1. The van der Waals surface area contributed by atoms with Gasteiger partial charge in [0.2, 0.25) is 0 Å². The lowest BCUT2D eigenvalue weighted by molar-refractivity contribution is -0.123. The molecule has 0 aromatic heterocycles. The molecule has 0 bridgehead atoms. The summed E-state index contributed by atoms with van der Waals surface area (Å²) in [7, 11) is 0. The van der Waals surface area contributed by atoms with Gasteiger partial charge in [0.1, 0.15) is 18.2 Å². The highest BCUT2D eigenvalue weighted by molar-refractivity contribution is 8.18. The van der Waals surface area contributed by atoms with Crippen LogP contribution in [0.5, 0.6) is 5.75 Å². The molecule has 7 heteroatoms. The number of carbonyl (C=O) groups excluding carboxylic acids is 2. The normalized spacial score (nSPS) is 15.0. The number of thioether (sulfide) groups is 1. The number of rotatable bonds is 6. The van der Waals surface area contributed by atoms with Crippen molar-refractivity contribution in [2.24, 2.45) is 0 Å². The zero-order valence-electron chi connectivity index (χ0n) is 17.2. The first-order valence-electron chi connectivity index (χ1n) is 9.88. The average Bonchev–Trinajstić information content (AvgIpc) is 3.02. The largest absolute Gasteiger partial charge is 0.489 e. The second-order valence-corrected chi connectivity index (χ2v) is 8.66. The second-order valence-electron chi connectivity index (χ2n) is 7.26. The lowest BCUT2D eigenvalue weighted by Gasteiger charge is -2.14. The Kier molecular flexibility index (Phi) is 6.63. The van der Waals surface area contributed by atoms with Crippen molar-refractivity contribution in [3.05, 3.63) is 105 Å². The number of ether oxygens (including phenoxy) is 1. The van der Waals surface area contributed by atoms with Crippen molar-refractivity contribution in [1.82, 2.24) is 4.90 Å². The maximum Gasteiger partial charge on any atom is 0.293 e. The van der Waals surface area contributed by atoms with Crippen molar-refractivity contribution in [3.63, 3.8) is 0 Å². The van der Waals surface area contributed by atoms with E-state index in [4.69, 9.17) is 16.3 Å². The molecule has 0 spiro atoms. The van der Waals surface area contributed by atoms with Crippen LogP contribution in [0, 0.1) is 12.7 Å². The second kappa shape index (κ2) is 9.59. The lowest BCUT2D eigenvalue weighted by Crippen LogP contribution is -2.27. The SMILES string of the molecule is Cc1ccccc1CN1C(=O)S/C(=C\c2cccc(OCc3c(F)cccc3Cl)c2)C1=O. The highest BCUT2D eigenvalue weighted by Crippen LogP contribution is 2.34. The Labute approximate surface area is 194 Å². The summed E-state index contributed by atoms with van der Waals surface area (Å²) in [6, 6.07) is 19.2. The Morgan fingerprint density at radius 3 is 2.62 bits per heavy atom. The molecular weight excluding hydrogens is 449 g/mol. The number of carbonyl (C=O) groups is 2. The monoisotopic (exact) mass is 467 g/mol. The predicted molar refractivity (Wildman–Crippen MR) is 125 cm³/mol. The smallest absolute Gasteiger partial charge is 0.293 e. The van der Waals surface area contributed by atoms with E-state index in [0.29, 0.717) is 21.2 Å². The van der Waals surface area contributed by atoms with Gasteiger partial charge in [-0.05, 0) is 65.7 Å². The van der Waals surface area contributed by atoms with Crippen molar-refractivity contribution < 1.29 is 18.7 Å². The molecule has 1 aliphatic rings. The van der Waals surface area contributed by atoms with E-state index in [-0.39, 0.29) is 29.9 Å². The van der Waals surface area contributed by atoms with Gasteiger partial charge in [-0.2, -0.15) is 0 Å². The van der Waals surface area contributed by atoms with Gasteiger partial charge in [0.25, 0.3) is 11.1 Å². The molecule has 32 heavy (non-hydrogen) atoms. The van der Waals surface area contributed by atoms with Gasteiger partial charge in [0, 0.05) is 5.56 Å². The summed E-state index contributed by atoms with van der Waals surface area (Å²) >= 11 is 6.96. The van der Waals surface area contributed by atoms with Crippen LogP contribution in [-0.2, 0) is 17.9 Å². The van der Waals surface area contributed by atoms with E-state index in [0.717, 1.165) is 22.9 Å². The molecule has 2 amide bonds. The van der Waals surface area contributed by atoms with Crippen LogP contribution in [0.25, 0.3) is 6.08 Å². The molecule has 1 fully saturated rings. The minimum absolute atomic E-state index is 0.0259. The molecule has 0 saturated carbocycles.